The highest BCUT2D eigenvalue weighted by Gasteiger charge is 2.24. The Morgan fingerprint density at radius 2 is 1.87 bits per heavy atom. The molecule has 2 N–H and O–H groups in total. The van der Waals surface area contributed by atoms with Gasteiger partial charge in [0.25, 0.3) is 0 Å². The molecule has 1 aliphatic rings. The number of aliphatic imine (C=N–C) groups is 1. The summed E-state index contributed by atoms with van der Waals surface area (Å²) in [5, 5.41) is 6.78. The Labute approximate surface area is 203 Å². The van der Waals surface area contributed by atoms with Gasteiger partial charge in [-0.1, -0.05) is 42.5 Å². The molecule has 3 rings (SSSR count). The van der Waals surface area contributed by atoms with Crippen molar-refractivity contribution < 1.29 is 8.42 Å². The number of aryl methyl sites for hydroxylation is 1. The Hall–Kier alpha value is -1.65. The van der Waals surface area contributed by atoms with Gasteiger partial charge >= 0.3 is 0 Å². The lowest BCUT2D eigenvalue weighted by Gasteiger charge is -2.25. The predicted octanol–water partition coefficient (Wildman–Crippen LogP) is 3.35. The summed E-state index contributed by atoms with van der Waals surface area (Å²) in [6.07, 6.45) is 3.64. The van der Waals surface area contributed by atoms with Gasteiger partial charge in [-0.05, 0) is 49.1 Å². The van der Waals surface area contributed by atoms with E-state index in [1.54, 1.807) is 13.1 Å². The van der Waals surface area contributed by atoms with Gasteiger partial charge in [0, 0.05) is 39.0 Å². The lowest BCUT2D eigenvalue weighted by molar-refractivity contribution is 0.245. The minimum absolute atomic E-state index is 0. The molecule has 0 amide bonds. The first-order valence-corrected chi connectivity index (χ1v) is 12.3. The summed E-state index contributed by atoms with van der Waals surface area (Å²) in [7, 11) is -1.43. The molecule has 6 nitrogen and oxygen atoms in total. The first-order valence-electron chi connectivity index (χ1n) is 10.4. The molecule has 8 heteroatoms. The number of hydrogen-bond acceptors (Lipinski definition) is 4. The molecule has 0 aromatic heterocycles. The molecule has 0 spiro atoms. The van der Waals surface area contributed by atoms with E-state index in [9.17, 15) is 8.42 Å². The second-order valence-electron chi connectivity index (χ2n) is 7.93. The van der Waals surface area contributed by atoms with E-state index in [0.29, 0.717) is 17.5 Å². The van der Waals surface area contributed by atoms with Crippen LogP contribution in [0.15, 0.2) is 58.4 Å². The third kappa shape index (κ3) is 7.47. The molecule has 2 aromatic carbocycles. The van der Waals surface area contributed by atoms with E-state index in [0.717, 1.165) is 36.7 Å². The summed E-state index contributed by atoms with van der Waals surface area (Å²) < 4.78 is 23.6. The molecular weight excluding hydrogens is 523 g/mol. The minimum atomic E-state index is -3.19. The lowest BCUT2D eigenvalue weighted by Crippen LogP contribution is -2.44. The smallest absolute Gasteiger partial charge is 0.191 e. The summed E-state index contributed by atoms with van der Waals surface area (Å²) in [6.45, 7) is 5.36. The van der Waals surface area contributed by atoms with Crippen molar-refractivity contribution in [3.8, 4) is 0 Å². The molecular formula is C23H33IN4O2S. The van der Waals surface area contributed by atoms with Gasteiger partial charge in [0.05, 0.1) is 4.90 Å². The summed E-state index contributed by atoms with van der Waals surface area (Å²) >= 11 is 0. The van der Waals surface area contributed by atoms with Crippen LogP contribution in [0.3, 0.4) is 0 Å². The van der Waals surface area contributed by atoms with Gasteiger partial charge in [0.1, 0.15) is 0 Å². The molecule has 1 fully saturated rings. The summed E-state index contributed by atoms with van der Waals surface area (Å²) in [6, 6.07) is 16.5. The number of likely N-dealkylation sites (tertiary alicyclic amines) is 1. The number of hydrogen-bond donors (Lipinski definition) is 2. The monoisotopic (exact) mass is 556 g/mol. The molecule has 0 bridgehead atoms. The number of sulfone groups is 1. The van der Waals surface area contributed by atoms with E-state index >= 15 is 0 Å². The van der Waals surface area contributed by atoms with Crippen LogP contribution >= 0.6 is 24.0 Å². The van der Waals surface area contributed by atoms with E-state index in [4.69, 9.17) is 0 Å². The normalized spacial score (nSPS) is 17.3. The van der Waals surface area contributed by atoms with Gasteiger partial charge < -0.3 is 10.6 Å². The fraction of sp³-hybridized carbons (Fsp3) is 0.435. The lowest BCUT2D eigenvalue weighted by atomic mass is 10.1. The highest BCUT2D eigenvalue weighted by molar-refractivity contribution is 14.0. The van der Waals surface area contributed by atoms with E-state index < -0.39 is 9.84 Å². The number of guanidine groups is 1. The van der Waals surface area contributed by atoms with Gasteiger partial charge in [-0.25, -0.2) is 8.42 Å². The van der Waals surface area contributed by atoms with Gasteiger partial charge in [0.2, 0.25) is 0 Å². The molecule has 0 saturated carbocycles. The Kier molecular flexibility index (Phi) is 9.77. The average Bonchev–Trinajstić information content (AvgIpc) is 3.15. The van der Waals surface area contributed by atoms with Gasteiger partial charge in [-0.2, -0.15) is 0 Å². The molecule has 1 aliphatic heterocycles. The van der Waals surface area contributed by atoms with Crippen LogP contribution in [0, 0.1) is 6.92 Å². The number of nitrogens with one attached hydrogen (secondary N) is 2. The van der Waals surface area contributed by atoms with Gasteiger partial charge in [0.15, 0.2) is 15.8 Å². The summed E-state index contributed by atoms with van der Waals surface area (Å²) in [5.41, 5.74) is 3.14. The maximum atomic E-state index is 11.8. The Morgan fingerprint density at radius 1 is 1.13 bits per heavy atom. The molecule has 31 heavy (non-hydrogen) atoms. The third-order valence-corrected chi connectivity index (χ3v) is 6.81. The SMILES string of the molecule is CN=C(NCc1ccc(S(C)(=O)=O)c(C)c1)NCC1CCCN1Cc1ccccc1.I. The molecule has 170 valence electrons. The Morgan fingerprint density at radius 3 is 2.52 bits per heavy atom. The van der Waals surface area contributed by atoms with Crippen LogP contribution in [0.4, 0.5) is 0 Å². The highest BCUT2D eigenvalue weighted by Crippen LogP contribution is 2.19. The van der Waals surface area contributed by atoms with E-state index in [1.165, 1.54) is 24.7 Å². The van der Waals surface area contributed by atoms with Crippen LogP contribution in [-0.2, 0) is 22.9 Å². The van der Waals surface area contributed by atoms with Crippen molar-refractivity contribution >= 4 is 39.8 Å². The van der Waals surface area contributed by atoms with Crippen molar-refractivity contribution in [1.82, 2.24) is 15.5 Å². The number of rotatable bonds is 7. The summed E-state index contributed by atoms with van der Waals surface area (Å²) in [5.74, 6) is 0.756. The van der Waals surface area contributed by atoms with Crippen molar-refractivity contribution in [3.63, 3.8) is 0 Å². The molecule has 1 heterocycles. The Balaban J connectivity index is 0.00000341. The second-order valence-corrected chi connectivity index (χ2v) is 9.91. The van der Waals surface area contributed by atoms with Crippen molar-refractivity contribution in [2.45, 2.75) is 43.8 Å². The average molecular weight is 557 g/mol. The van der Waals surface area contributed by atoms with E-state index in [2.05, 4.69) is 50.9 Å². The van der Waals surface area contributed by atoms with Crippen LogP contribution in [0.25, 0.3) is 0 Å². The predicted molar refractivity (Wildman–Crippen MR) is 138 cm³/mol. The van der Waals surface area contributed by atoms with Crippen LogP contribution < -0.4 is 10.6 Å². The zero-order chi connectivity index (χ0) is 21.6. The molecule has 2 aromatic rings. The first-order chi connectivity index (χ1) is 14.4. The molecule has 0 radical (unpaired) electrons. The van der Waals surface area contributed by atoms with Crippen molar-refractivity contribution in [3.05, 3.63) is 65.2 Å². The van der Waals surface area contributed by atoms with Crippen LogP contribution in [0.5, 0.6) is 0 Å². The molecule has 1 saturated heterocycles. The second kappa shape index (κ2) is 11.8. The van der Waals surface area contributed by atoms with Gasteiger partial charge in [-0.3, -0.25) is 9.89 Å². The summed E-state index contributed by atoms with van der Waals surface area (Å²) in [4.78, 5) is 7.25. The van der Waals surface area contributed by atoms with Crippen LogP contribution in [-0.4, -0.2) is 51.7 Å². The van der Waals surface area contributed by atoms with E-state index in [1.807, 2.05) is 19.1 Å². The maximum Gasteiger partial charge on any atom is 0.191 e. The van der Waals surface area contributed by atoms with Crippen molar-refractivity contribution in [2.75, 3.05) is 26.4 Å². The third-order valence-electron chi connectivity index (χ3n) is 5.56. The zero-order valence-electron chi connectivity index (χ0n) is 18.5. The Bertz CT molecular complexity index is 980. The maximum absolute atomic E-state index is 11.8. The number of halogens is 1. The molecule has 1 atom stereocenters. The number of nitrogens with zero attached hydrogens (tertiary/aromatic N) is 2. The zero-order valence-corrected chi connectivity index (χ0v) is 21.6. The quantitative estimate of drug-likeness (QED) is 0.311. The van der Waals surface area contributed by atoms with Crippen molar-refractivity contribution in [1.29, 1.82) is 0 Å². The number of benzene rings is 2. The first kappa shape index (κ1) is 25.6. The molecule has 0 aliphatic carbocycles. The topological polar surface area (TPSA) is 73.8 Å². The molecule has 1 unspecified atom stereocenters. The fourth-order valence-electron chi connectivity index (χ4n) is 4.01. The standard InChI is InChI=1S/C23H32N4O2S.HI/c1-18-14-20(11-12-22(18)30(3,28)29)15-25-23(24-2)26-16-21-10-7-13-27(21)17-19-8-5-4-6-9-19;/h4-6,8-9,11-12,14,21H,7,10,13,15-17H2,1-3H3,(H2,24,25,26);1H. The highest BCUT2D eigenvalue weighted by atomic mass is 127. The largest absolute Gasteiger partial charge is 0.355 e. The van der Waals surface area contributed by atoms with E-state index in [-0.39, 0.29) is 24.0 Å². The van der Waals surface area contributed by atoms with Gasteiger partial charge in [-0.15, -0.1) is 24.0 Å². The van der Waals surface area contributed by atoms with Crippen LogP contribution in [0.2, 0.25) is 0 Å². The minimum Gasteiger partial charge on any atom is -0.355 e. The van der Waals surface area contributed by atoms with Crippen LogP contribution in [0.1, 0.15) is 29.5 Å². The fourth-order valence-corrected chi connectivity index (χ4v) is 4.97. The van der Waals surface area contributed by atoms with Crippen molar-refractivity contribution in [2.24, 2.45) is 4.99 Å².